The first kappa shape index (κ1) is 30.2. The molecule has 0 fully saturated rings. The lowest BCUT2D eigenvalue weighted by Crippen LogP contribution is -2.13. The minimum Gasteiger partial charge on any atom is -0.166 e. The maximum Gasteiger partial charge on any atom is 0.416 e. The molecular formula is C42H28F6. The summed E-state index contributed by atoms with van der Waals surface area (Å²) in [6.45, 7) is 6.66. The number of rotatable bonds is 2. The van der Waals surface area contributed by atoms with Crippen LogP contribution in [0.25, 0.3) is 76.1 Å². The van der Waals surface area contributed by atoms with Crippen LogP contribution in [0, 0.1) is 0 Å². The van der Waals surface area contributed by atoms with Crippen molar-refractivity contribution < 1.29 is 26.3 Å². The Balaban J connectivity index is 1.47. The zero-order valence-electron chi connectivity index (χ0n) is 26.2. The Kier molecular flexibility index (Phi) is 6.43. The fourth-order valence-corrected chi connectivity index (χ4v) is 7.61. The van der Waals surface area contributed by atoms with Crippen molar-refractivity contribution in [2.45, 2.75) is 38.5 Å². The lowest BCUT2D eigenvalue weighted by Gasteiger charge is -2.26. The van der Waals surface area contributed by atoms with Gasteiger partial charge in [-0.05, 0) is 105 Å². The molecule has 0 aliphatic heterocycles. The Bertz CT molecular complexity index is 2470. The molecule has 0 saturated heterocycles. The molecule has 0 aliphatic rings. The predicted molar refractivity (Wildman–Crippen MR) is 185 cm³/mol. The van der Waals surface area contributed by atoms with Crippen LogP contribution in [0.1, 0.15) is 37.5 Å². The third kappa shape index (κ3) is 4.61. The summed E-state index contributed by atoms with van der Waals surface area (Å²) >= 11 is 0. The number of benzene rings is 8. The van der Waals surface area contributed by atoms with Gasteiger partial charge in [-0.1, -0.05) is 118 Å². The van der Waals surface area contributed by atoms with Gasteiger partial charge in [-0.25, -0.2) is 0 Å². The topological polar surface area (TPSA) is 0 Å². The second-order valence-electron chi connectivity index (χ2n) is 13.5. The van der Waals surface area contributed by atoms with E-state index in [0.717, 1.165) is 71.7 Å². The van der Waals surface area contributed by atoms with Crippen molar-refractivity contribution in [3.05, 3.63) is 132 Å². The minimum atomic E-state index is -4.94. The summed E-state index contributed by atoms with van der Waals surface area (Å²) in [5.41, 5.74) is 0.726. The Morgan fingerprint density at radius 2 is 0.833 bits per heavy atom. The molecule has 0 aromatic heterocycles. The first-order valence-electron chi connectivity index (χ1n) is 15.7. The zero-order chi connectivity index (χ0) is 33.7. The van der Waals surface area contributed by atoms with Gasteiger partial charge in [0, 0.05) is 0 Å². The molecular weight excluding hydrogens is 618 g/mol. The molecule has 0 N–H and O–H groups in total. The second kappa shape index (κ2) is 10.2. The first-order valence-corrected chi connectivity index (χ1v) is 15.7. The van der Waals surface area contributed by atoms with Crippen LogP contribution < -0.4 is 0 Å². The van der Waals surface area contributed by atoms with Crippen molar-refractivity contribution in [3.63, 3.8) is 0 Å². The Hall–Kier alpha value is -5.10. The van der Waals surface area contributed by atoms with E-state index in [9.17, 15) is 26.3 Å². The van der Waals surface area contributed by atoms with Gasteiger partial charge >= 0.3 is 12.4 Å². The van der Waals surface area contributed by atoms with Crippen LogP contribution in [0.4, 0.5) is 26.3 Å². The Morgan fingerprint density at radius 1 is 0.417 bits per heavy atom. The molecule has 0 saturated carbocycles. The van der Waals surface area contributed by atoms with E-state index in [1.54, 1.807) is 18.2 Å². The standard InChI is InChI=1S/C42H28F6/c1-40(2,3)39-34-10-6-4-8-29(34)38(30-9-5-7-11-35(30)39)33-19-15-24-13-17-31-28(16-12-23-14-18-32(33)37(24)36(23)31)25-20-26(41(43,44)45)22-27(21-25)42(46,47)48/h4-22H,1-3H3. The van der Waals surface area contributed by atoms with Crippen molar-refractivity contribution in [1.82, 2.24) is 0 Å². The molecule has 0 spiro atoms. The van der Waals surface area contributed by atoms with Crippen LogP contribution in [0.5, 0.6) is 0 Å². The Morgan fingerprint density at radius 3 is 1.29 bits per heavy atom. The van der Waals surface area contributed by atoms with Crippen molar-refractivity contribution in [2.75, 3.05) is 0 Å². The summed E-state index contributed by atoms with van der Waals surface area (Å²) in [6.07, 6.45) is -9.88. The second-order valence-corrected chi connectivity index (χ2v) is 13.5. The van der Waals surface area contributed by atoms with E-state index in [2.05, 4.69) is 75.4 Å². The summed E-state index contributed by atoms with van der Waals surface area (Å²) in [4.78, 5) is 0. The van der Waals surface area contributed by atoms with Crippen molar-refractivity contribution in [2.24, 2.45) is 0 Å². The molecule has 48 heavy (non-hydrogen) atoms. The maximum absolute atomic E-state index is 13.8. The SMILES string of the molecule is CC(C)(C)c1c2ccccc2c(-c2ccc3ccc4c(-c5cc(C(F)(F)F)cc(C(F)(F)F)c5)ccc5ccc2c3c54)c2ccccc12. The molecule has 0 radical (unpaired) electrons. The highest BCUT2D eigenvalue weighted by Gasteiger charge is 2.37. The highest BCUT2D eigenvalue weighted by Crippen LogP contribution is 2.48. The van der Waals surface area contributed by atoms with E-state index < -0.39 is 23.5 Å². The van der Waals surface area contributed by atoms with Gasteiger partial charge in [-0.3, -0.25) is 0 Å². The van der Waals surface area contributed by atoms with Crippen LogP contribution in [-0.2, 0) is 17.8 Å². The normalized spacial score (nSPS) is 13.1. The van der Waals surface area contributed by atoms with E-state index in [0.29, 0.717) is 10.9 Å². The van der Waals surface area contributed by atoms with Gasteiger partial charge in [0.05, 0.1) is 11.1 Å². The molecule has 0 aliphatic carbocycles. The molecule has 0 unspecified atom stereocenters. The first-order chi connectivity index (χ1) is 22.7. The summed E-state index contributed by atoms with van der Waals surface area (Å²) in [5, 5.41) is 9.60. The van der Waals surface area contributed by atoms with Crippen LogP contribution in [0.15, 0.2) is 115 Å². The third-order valence-electron chi connectivity index (χ3n) is 9.51. The van der Waals surface area contributed by atoms with Crippen molar-refractivity contribution >= 4 is 53.9 Å². The summed E-state index contributed by atoms with van der Waals surface area (Å²) in [6, 6.07) is 33.9. The van der Waals surface area contributed by atoms with E-state index in [4.69, 9.17) is 0 Å². The van der Waals surface area contributed by atoms with Gasteiger partial charge in [0.15, 0.2) is 0 Å². The summed E-state index contributed by atoms with van der Waals surface area (Å²) in [5.74, 6) is 0. The number of hydrogen-bond acceptors (Lipinski definition) is 0. The summed E-state index contributed by atoms with van der Waals surface area (Å²) in [7, 11) is 0. The average molecular weight is 647 g/mol. The largest absolute Gasteiger partial charge is 0.416 e. The van der Waals surface area contributed by atoms with E-state index >= 15 is 0 Å². The number of alkyl halides is 6. The molecule has 6 heteroatoms. The average Bonchev–Trinajstić information content (AvgIpc) is 3.04. The van der Waals surface area contributed by atoms with Crippen LogP contribution >= 0.6 is 0 Å². The number of fused-ring (bicyclic) bond motifs is 2. The zero-order valence-corrected chi connectivity index (χ0v) is 26.2. The van der Waals surface area contributed by atoms with Gasteiger partial charge in [0.2, 0.25) is 0 Å². The highest BCUT2D eigenvalue weighted by atomic mass is 19.4. The van der Waals surface area contributed by atoms with E-state index in [-0.39, 0.29) is 17.0 Å². The molecule has 0 heterocycles. The molecule has 0 amide bonds. The minimum absolute atomic E-state index is 0.133. The predicted octanol–water partition coefficient (Wildman–Crippen LogP) is 13.6. The maximum atomic E-state index is 13.8. The molecule has 0 atom stereocenters. The quantitative estimate of drug-likeness (QED) is 0.0996. The highest BCUT2D eigenvalue weighted by molar-refractivity contribution is 6.29. The lowest BCUT2D eigenvalue weighted by molar-refractivity contribution is -0.143. The Labute approximate surface area is 272 Å². The van der Waals surface area contributed by atoms with Crippen molar-refractivity contribution in [3.8, 4) is 22.3 Å². The molecule has 0 nitrogen and oxygen atoms in total. The lowest BCUT2D eigenvalue weighted by atomic mass is 9.77. The molecule has 238 valence electrons. The fraction of sp³-hybridized carbons (Fsp3) is 0.143. The van der Waals surface area contributed by atoms with Crippen LogP contribution in [0.3, 0.4) is 0 Å². The van der Waals surface area contributed by atoms with Crippen molar-refractivity contribution in [1.29, 1.82) is 0 Å². The van der Waals surface area contributed by atoms with Gasteiger partial charge in [0.25, 0.3) is 0 Å². The van der Waals surface area contributed by atoms with Crippen LogP contribution in [0.2, 0.25) is 0 Å². The molecule has 0 bridgehead atoms. The summed E-state index contributed by atoms with van der Waals surface area (Å²) < 4.78 is 83.0. The third-order valence-corrected chi connectivity index (χ3v) is 9.51. The molecule has 8 aromatic rings. The van der Waals surface area contributed by atoms with Crippen LogP contribution in [-0.4, -0.2) is 0 Å². The van der Waals surface area contributed by atoms with E-state index in [1.165, 1.54) is 5.56 Å². The molecule has 8 rings (SSSR count). The van der Waals surface area contributed by atoms with Gasteiger partial charge in [-0.2, -0.15) is 26.3 Å². The smallest absolute Gasteiger partial charge is 0.166 e. The molecule has 8 aromatic carbocycles. The number of halogens is 6. The number of hydrogen-bond donors (Lipinski definition) is 0. The fourth-order valence-electron chi connectivity index (χ4n) is 7.61. The van der Waals surface area contributed by atoms with Gasteiger partial charge < -0.3 is 0 Å². The monoisotopic (exact) mass is 646 g/mol. The van der Waals surface area contributed by atoms with Gasteiger partial charge in [0.1, 0.15) is 0 Å². The van der Waals surface area contributed by atoms with Gasteiger partial charge in [-0.15, -0.1) is 0 Å². The van der Waals surface area contributed by atoms with E-state index in [1.807, 2.05) is 24.3 Å².